The third kappa shape index (κ3) is 10.4. The first kappa shape index (κ1) is 31.9. The molecule has 1 aromatic rings. The molecular weight excluding hydrogens is 530 g/mol. The molecule has 4 rings (SSSR count). The highest BCUT2D eigenvalue weighted by Gasteiger charge is 2.43. The molecule has 38 heavy (non-hydrogen) atoms. The van der Waals surface area contributed by atoms with Gasteiger partial charge in [0.1, 0.15) is 11.5 Å². The average molecular weight is 563 g/mol. The number of carboxylic acid groups (broad SMARTS) is 2. The van der Waals surface area contributed by atoms with Gasteiger partial charge in [-0.15, -0.1) is 0 Å². The van der Waals surface area contributed by atoms with Crippen LogP contribution in [0.3, 0.4) is 0 Å². The Balaban J connectivity index is 0.000000301. The van der Waals surface area contributed by atoms with Crippen molar-refractivity contribution in [1.82, 2.24) is 9.80 Å². The molecule has 15 heteroatoms. The molecule has 0 unspecified atom stereocenters. The molecule has 0 amide bonds. The van der Waals surface area contributed by atoms with Crippen LogP contribution in [0, 0.1) is 6.92 Å². The zero-order valence-corrected chi connectivity index (χ0v) is 20.8. The number of fused-ring (bicyclic) bond motifs is 1. The lowest BCUT2D eigenvalue weighted by Crippen LogP contribution is -2.51. The van der Waals surface area contributed by atoms with Crippen LogP contribution < -0.4 is 0 Å². The number of hydrogen-bond acceptors (Lipinski definition) is 7. The lowest BCUT2D eigenvalue weighted by atomic mass is 10.1. The van der Waals surface area contributed by atoms with Crippen molar-refractivity contribution in [2.24, 2.45) is 0 Å². The number of carbonyl (C=O) groups is 2. The van der Waals surface area contributed by atoms with Crippen LogP contribution in [0.25, 0.3) is 0 Å². The highest BCUT2D eigenvalue weighted by molar-refractivity contribution is 5.73. The summed E-state index contributed by atoms with van der Waals surface area (Å²) in [7, 11) is 0. The molecule has 3 fully saturated rings. The minimum absolute atomic E-state index is 0.230. The molecule has 218 valence electrons. The minimum atomic E-state index is -5.08. The number of halogens is 6. The summed E-state index contributed by atoms with van der Waals surface area (Å²) in [4.78, 5) is 22.8. The number of rotatable bonds is 6. The van der Waals surface area contributed by atoms with E-state index < -0.39 is 24.3 Å². The predicted octanol–water partition coefficient (Wildman–Crippen LogP) is 3.70. The molecule has 2 N–H and O–H groups in total. The van der Waals surface area contributed by atoms with Gasteiger partial charge in [0.05, 0.1) is 32.0 Å². The van der Waals surface area contributed by atoms with Crippen molar-refractivity contribution in [2.75, 3.05) is 39.4 Å². The Bertz CT molecular complexity index is 862. The number of hydrogen-bond donors (Lipinski definition) is 2. The van der Waals surface area contributed by atoms with Gasteiger partial charge in [0.15, 0.2) is 0 Å². The molecule has 1 aromatic heterocycles. The molecular formula is C23H32F6N2O7. The van der Waals surface area contributed by atoms with Crippen LogP contribution in [0.1, 0.15) is 37.2 Å². The molecule has 0 radical (unpaired) electrons. The smallest absolute Gasteiger partial charge is 0.475 e. The number of morpholine rings is 1. The Morgan fingerprint density at radius 3 is 2.08 bits per heavy atom. The number of ether oxygens (including phenoxy) is 2. The number of aryl methyl sites for hydroxylation is 1. The molecule has 3 atom stereocenters. The largest absolute Gasteiger partial charge is 0.490 e. The van der Waals surface area contributed by atoms with Crippen molar-refractivity contribution in [3.63, 3.8) is 0 Å². The van der Waals surface area contributed by atoms with Crippen LogP contribution in [0.15, 0.2) is 16.5 Å². The average Bonchev–Trinajstić information content (AvgIpc) is 3.56. The van der Waals surface area contributed by atoms with E-state index in [0.29, 0.717) is 6.04 Å². The maximum Gasteiger partial charge on any atom is 0.490 e. The van der Waals surface area contributed by atoms with Crippen LogP contribution in [-0.4, -0.2) is 102 Å². The van der Waals surface area contributed by atoms with E-state index in [2.05, 4.69) is 15.9 Å². The summed E-state index contributed by atoms with van der Waals surface area (Å²) in [6.45, 7) is 9.08. The quantitative estimate of drug-likeness (QED) is 0.502. The lowest BCUT2D eigenvalue weighted by molar-refractivity contribution is -0.193. The summed E-state index contributed by atoms with van der Waals surface area (Å²) in [5.41, 5.74) is 0. The van der Waals surface area contributed by atoms with Gasteiger partial charge >= 0.3 is 24.3 Å². The van der Waals surface area contributed by atoms with Crippen molar-refractivity contribution < 1.29 is 60.0 Å². The summed E-state index contributed by atoms with van der Waals surface area (Å²) in [6.07, 6.45) is -4.70. The second-order valence-electron chi connectivity index (χ2n) is 9.03. The van der Waals surface area contributed by atoms with Gasteiger partial charge < -0.3 is 29.0 Å². The molecule has 1 aliphatic carbocycles. The third-order valence-corrected chi connectivity index (χ3v) is 6.23. The van der Waals surface area contributed by atoms with Gasteiger partial charge in [0, 0.05) is 19.1 Å². The molecule has 1 saturated carbocycles. The Kier molecular flexibility index (Phi) is 11.9. The highest BCUT2D eigenvalue weighted by atomic mass is 19.4. The lowest BCUT2D eigenvalue weighted by Gasteiger charge is -2.38. The second kappa shape index (κ2) is 14.1. The van der Waals surface area contributed by atoms with E-state index in [1.807, 2.05) is 13.0 Å². The monoisotopic (exact) mass is 562 g/mol. The number of aliphatic carboxylic acids is 2. The molecule has 2 saturated heterocycles. The fourth-order valence-corrected chi connectivity index (χ4v) is 4.48. The summed E-state index contributed by atoms with van der Waals surface area (Å²) in [6, 6.07) is 4.62. The summed E-state index contributed by atoms with van der Waals surface area (Å²) in [5.74, 6) is -3.46. The van der Waals surface area contributed by atoms with Crippen molar-refractivity contribution >= 4 is 11.9 Å². The van der Waals surface area contributed by atoms with Gasteiger partial charge in [-0.05, 0) is 57.8 Å². The van der Waals surface area contributed by atoms with Gasteiger partial charge in [-0.3, -0.25) is 4.90 Å². The Labute approximate surface area is 215 Å². The molecule has 9 nitrogen and oxygen atoms in total. The van der Waals surface area contributed by atoms with Gasteiger partial charge in [-0.1, -0.05) is 0 Å². The Morgan fingerprint density at radius 2 is 1.58 bits per heavy atom. The standard InChI is InChI=1S/C19H30N2O3.2C2HF3O2/c1-15-4-5-16(24-15)14-21-11-13-23-19-17(21)6-7-18(19)22-12-10-20-8-2-3-9-20;2*3-2(4,5)1(6)7/h4-5,17-19H,2-3,6-14H2,1H3;2*(H,6,7)/t17-,18+,19+;;/m0../s1. The van der Waals surface area contributed by atoms with E-state index in [0.717, 1.165) is 50.8 Å². The normalized spacial score (nSPS) is 24.1. The van der Waals surface area contributed by atoms with Crippen molar-refractivity contribution in [3.05, 3.63) is 23.7 Å². The van der Waals surface area contributed by atoms with Gasteiger partial charge in [-0.25, -0.2) is 9.59 Å². The first-order chi connectivity index (χ1) is 17.7. The van der Waals surface area contributed by atoms with E-state index in [9.17, 15) is 26.3 Å². The zero-order valence-electron chi connectivity index (χ0n) is 20.8. The Hall–Kier alpha value is -2.36. The van der Waals surface area contributed by atoms with Crippen LogP contribution in [0.4, 0.5) is 26.3 Å². The van der Waals surface area contributed by atoms with Crippen molar-refractivity contribution in [2.45, 2.75) is 69.8 Å². The van der Waals surface area contributed by atoms with Gasteiger partial charge in [-0.2, -0.15) is 26.3 Å². The minimum Gasteiger partial charge on any atom is -0.475 e. The molecule has 3 heterocycles. The first-order valence-electron chi connectivity index (χ1n) is 12.0. The molecule has 0 aromatic carbocycles. The number of furan rings is 1. The second-order valence-corrected chi connectivity index (χ2v) is 9.03. The highest BCUT2D eigenvalue weighted by Crippen LogP contribution is 2.33. The van der Waals surface area contributed by atoms with E-state index in [4.69, 9.17) is 33.7 Å². The molecule has 2 aliphatic heterocycles. The number of carboxylic acids is 2. The maximum atomic E-state index is 10.6. The van der Waals surface area contributed by atoms with E-state index >= 15 is 0 Å². The maximum absolute atomic E-state index is 10.6. The fourth-order valence-electron chi connectivity index (χ4n) is 4.48. The summed E-state index contributed by atoms with van der Waals surface area (Å²) in [5, 5.41) is 14.2. The molecule has 3 aliphatic rings. The van der Waals surface area contributed by atoms with E-state index in [1.54, 1.807) is 0 Å². The predicted molar refractivity (Wildman–Crippen MR) is 119 cm³/mol. The fraction of sp³-hybridized carbons (Fsp3) is 0.739. The van der Waals surface area contributed by atoms with Crippen molar-refractivity contribution in [3.8, 4) is 0 Å². The van der Waals surface area contributed by atoms with E-state index in [1.165, 1.54) is 32.4 Å². The number of nitrogens with zero attached hydrogens (tertiary/aromatic N) is 2. The van der Waals surface area contributed by atoms with Crippen molar-refractivity contribution in [1.29, 1.82) is 0 Å². The van der Waals surface area contributed by atoms with Gasteiger partial charge in [0.25, 0.3) is 0 Å². The number of likely N-dealkylation sites (tertiary alicyclic amines) is 1. The molecule has 0 bridgehead atoms. The van der Waals surface area contributed by atoms with Crippen LogP contribution in [0.2, 0.25) is 0 Å². The zero-order chi connectivity index (χ0) is 28.5. The SMILES string of the molecule is Cc1ccc(CN2CCO[C@H]3[C@H](OCCN4CCCC4)CC[C@@H]32)o1.O=C(O)C(F)(F)F.O=C(O)C(F)(F)F. The van der Waals surface area contributed by atoms with Crippen LogP contribution >= 0.6 is 0 Å². The third-order valence-electron chi connectivity index (χ3n) is 6.23. The number of alkyl halides is 6. The van der Waals surface area contributed by atoms with Crippen LogP contribution in [0.5, 0.6) is 0 Å². The Morgan fingerprint density at radius 1 is 1.00 bits per heavy atom. The topological polar surface area (TPSA) is 113 Å². The van der Waals surface area contributed by atoms with Gasteiger partial charge in [0.2, 0.25) is 0 Å². The first-order valence-corrected chi connectivity index (χ1v) is 12.0. The summed E-state index contributed by atoms with van der Waals surface area (Å²) >= 11 is 0. The van der Waals surface area contributed by atoms with Crippen LogP contribution in [-0.2, 0) is 25.6 Å². The van der Waals surface area contributed by atoms with E-state index in [-0.39, 0.29) is 12.2 Å². The molecule has 0 spiro atoms. The summed E-state index contributed by atoms with van der Waals surface area (Å²) < 4.78 is 81.6.